The minimum Gasteiger partial charge on any atom is -0.497 e. The van der Waals surface area contributed by atoms with Gasteiger partial charge in [0.15, 0.2) is 0 Å². The maximum absolute atomic E-state index is 13.1. The first-order valence-corrected chi connectivity index (χ1v) is 15.7. The molecule has 0 N–H and O–H groups in total. The van der Waals surface area contributed by atoms with Gasteiger partial charge in [0.2, 0.25) is 0 Å². The van der Waals surface area contributed by atoms with Crippen LogP contribution < -0.4 is 9.47 Å². The summed E-state index contributed by atoms with van der Waals surface area (Å²) >= 11 is 1.44. The minimum atomic E-state index is 0.0280. The van der Waals surface area contributed by atoms with E-state index in [0.29, 0.717) is 12.5 Å². The molecule has 0 aliphatic carbocycles. The number of ether oxygens (including phenoxy) is 2. The predicted octanol–water partition coefficient (Wildman–Crippen LogP) is 7.79. The lowest BCUT2D eigenvalue weighted by molar-refractivity contribution is 0.129. The number of hydrogen-bond acceptors (Lipinski definition) is 7. The average Bonchev–Trinajstić information content (AvgIpc) is 3.67. The maximum atomic E-state index is 13.1. The Morgan fingerprint density at radius 1 is 1.05 bits per heavy atom. The van der Waals surface area contributed by atoms with Crippen LogP contribution in [0.2, 0.25) is 0 Å². The summed E-state index contributed by atoms with van der Waals surface area (Å²) in [7, 11) is 1.67. The van der Waals surface area contributed by atoms with Gasteiger partial charge in [0, 0.05) is 36.3 Å². The van der Waals surface area contributed by atoms with Crippen molar-refractivity contribution in [2.45, 2.75) is 30.7 Å². The van der Waals surface area contributed by atoms with Gasteiger partial charge in [-0.2, -0.15) is 0 Å². The van der Waals surface area contributed by atoms with E-state index in [4.69, 9.17) is 9.47 Å². The van der Waals surface area contributed by atoms with E-state index in [2.05, 4.69) is 32.8 Å². The molecule has 4 heterocycles. The van der Waals surface area contributed by atoms with Crippen LogP contribution in [0.3, 0.4) is 0 Å². The molecular weight excluding hydrogens is 570 g/mol. The van der Waals surface area contributed by atoms with Crippen molar-refractivity contribution < 1.29 is 14.3 Å². The van der Waals surface area contributed by atoms with Crippen molar-refractivity contribution in [3.8, 4) is 28.5 Å². The summed E-state index contributed by atoms with van der Waals surface area (Å²) in [4.78, 5) is 19.8. The van der Waals surface area contributed by atoms with Gasteiger partial charge < -0.3 is 14.4 Å². The van der Waals surface area contributed by atoms with Crippen LogP contribution in [0.1, 0.15) is 23.7 Å². The van der Waals surface area contributed by atoms with Gasteiger partial charge >= 0.3 is 0 Å². The second-order valence-electron chi connectivity index (χ2n) is 11.3. The van der Waals surface area contributed by atoms with E-state index in [0.717, 1.165) is 64.4 Å². The smallest absolute Gasteiger partial charge is 0.282 e. The third-order valence-corrected chi connectivity index (χ3v) is 10.0. The Hall–Kier alpha value is -4.63. The number of para-hydroxylation sites is 1. The first-order valence-electron chi connectivity index (χ1n) is 14.9. The Bertz CT molecular complexity index is 1790. The number of carbonyl (C=O) groups excluding carboxylic acids is 1. The number of carbonyl (C=O) groups is 1. The Balaban J connectivity index is 1.06. The summed E-state index contributed by atoms with van der Waals surface area (Å²) in [6.07, 6.45) is 7.71. The Labute approximate surface area is 260 Å². The van der Waals surface area contributed by atoms with E-state index in [1.807, 2.05) is 95.9 Å². The largest absolute Gasteiger partial charge is 0.497 e. The van der Waals surface area contributed by atoms with Crippen LogP contribution in [0.5, 0.6) is 17.2 Å². The number of rotatable bonds is 9. The molecule has 9 heteroatoms. The van der Waals surface area contributed by atoms with E-state index in [1.54, 1.807) is 7.11 Å². The Morgan fingerprint density at radius 3 is 2.64 bits per heavy atom. The molecule has 7 rings (SSSR count). The number of pyridine rings is 1. The number of hydrogen-bond donors (Lipinski definition) is 0. The standard InChI is InChI=1S/C35H33N5O3S/c1-3-23(21-39-22-32(37-38-39)24-9-11-27(12-10-24)43-26-7-5-4-6-8-26)25-16-18-40-33(19-25)34(44-35(40)41)29-15-17-36-31-14-13-28(42-2)20-30(29)31/h3-15,17,20,22-23,25,33-34H,1,16,18-19,21H2,2H3. The fourth-order valence-corrected chi connectivity index (χ4v) is 7.77. The van der Waals surface area contributed by atoms with Crippen molar-refractivity contribution >= 4 is 27.9 Å². The van der Waals surface area contributed by atoms with E-state index in [9.17, 15) is 4.79 Å². The number of methoxy groups -OCH3 is 1. The number of nitrogens with zero attached hydrogens (tertiary/aromatic N) is 5. The summed E-state index contributed by atoms with van der Waals surface area (Å²) in [5.41, 5.74) is 3.83. The van der Waals surface area contributed by atoms with Crippen LogP contribution >= 0.6 is 11.8 Å². The van der Waals surface area contributed by atoms with E-state index < -0.39 is 0 Å². The van der Waals surface area contributed by atoms with Crippen molar-refractivity contribution in [3.63, 3.8) is 0 Å². The topological polar surface area (TPSA) is 82.4 Å². The van der Waals surface area contributed by atoms with Crippen molar-refractivity contribution in [2.24, 2.45) is 11.8 Å². The number of fused-ring (bicyclic) bond motifs is 2. The van der Waals surface area contributed by atoms with Crippen molar-refractivity contribution in [1.82, 2.24) is 24.9 Å². The fourth-order valence-electron chi connectivity index (χ4n) is 6.45. The van der Waals surface area contributed by atoms with Gasteiger partial charge in [0.1, 0.15) is 22.9 Å². The highest BCUT2D eigenvalue weighted by molar-refractivity contribution is 8.14. The van der Waals surface area contributed by atoms with Crippen LogP contribution in [0.15, 0.2) is 104 Å². The number of amides is 1. The molecule has 2 aliphatic rings. The molecule has 0 spiro atoms. The molecule has 1 amide bonds. The lowest BCUT2D eigenvalue weighted by Gasteiger charge is -2.39. The lowest BCUT2D eigenvalue weighted by Crippen LogP contribution is -2.43. The van der Waals surface area contributed by atoms with Gasteiger partial charge in [0.25, 0.3) is 5.24 Å². The summed E-state index contributed by atoms with van der Waals surface area (Å²) < 4.78 is 13.3. The second kappa shape index (κ2) is 12.2. The maximum Gasteiger partial charge on any atom is 0.282 e. The van der Waals surface area contributed by atoms with Gasteiger partial charge in [-0.25, -0.2) is 0 Å². The summed E-state index contributed by atoms with van der Waals surface area (Å²) in [6, 6.07) is 25.7. The highest BCUT2D eigenvalue weighted by Gasteiger charge is 2.46. The van der Waals surface area contributed by atoms with Crippen LogP contribution in [0, 0.1) is 11.8 Å². The van der Waals surface area contributed by atoms with Gasteiger partial charge in [0.05, 0.1) is 24.1 Å². The lowest BCUT2D eigenvalue weighted by atomic mass is 9.79. The molecule has 44 heavy (non-hydrogen) atoms. The molecule has 4 atom stereocenters. The molecule has 2 saturated heterocycles. The highest BCUT2D eigenvalue weighted by Crippen LogP contribution is 2.50. The highest BCUT2D eigenvalue weighted by atomic mass is 32.2. The number of piperidine rings is 1. The summed E-state index contributed by atoms with van der Waals surface area (Å²) in [6.45, 7) is 5.62. The Morgan fingerprint density at radius 2 is 1.84 bits per heavy atom. The molecule has 0 bridgehead atoms. The average molecular weight is 604 g/mol. The van der Waals surface area contributed by atoms with Crippen molar-refractivity contribution in [3.05, 3.63) is 109 Å². The van der Waals surface area contributed by atoms with E-state index in [1.165, 1.54) is 11.8 Å². The zero-order valence-electron chi connectivity index (χ0n) is 24.5. The van der Waals surface area contributed by atoms with Gasteiger partial charge in [-0.05, 0) is 90.9 Å². The number of thioether (sulfide) groups is 1. The minimum absolute atomic E-state index is 0.0280. The van der Waals surface area contributed by atoms with Gasteiger partial charge in [-0.3, -0.25) is 14.5 Å². The zero-order chi connectivity index (χ0) is 30.0. The SMILES string of the molecule is C=CC(Cn1cc(-c2ccc(Oc3ccccc3)cc2)nn1)C1CCN2C(=O)SC(c3ccnc4ccc(OC)cc34)C2C1. The first-order chi connectivity index (χ1) is 21.6. The number of allylic oxidation sites excluding steroid dienone is 1. The normalized spacial score (nSPS) is 20.3. The molecule has 5 aromatic rings. The third-order valence-electron chi connectivity index (χ3n) is 8.76. The molecular formula is C35H33N5O3S. The van der Waals surface area contributed by atoms with Gasteiger partial charge in [-0.15, -0.1) is 11.7 Å². The molecule has 0 radical (unpaired) electrons. The van der Waals surface area contributed by atoms with Crippen molar-refractivity contribution in [1.29, 1.82) is 0 Å². The fraction of sp³-hybridized carbons (Fsp3) is 0.257. The molecule has 4 unspecified atom stereocenters. The van der Waals surface area contributed by atoms with Crippen molar-refractivity contribution in [2.75, 3.05) is 13.7 Å². The third kappa shape index (κ3) is 5.55. The molecule has 2 aromatic heterocycles. The van der Waals surface area contributed by atoms with Crippen LogP contribution in [0.25, 0.3) is 22.2 Å². The second-order valence-corrected chi connectivity index (χ2v) is 12.4. The van der Waals surface area contributed by atoms with Crippen LogP contribution in [-0.4, -0.2) is 49.8 Å². The van der Waals surface area contributed by atoms with Crippen LogP contribution in [-0.2, 0) is 6.54 Å². The Kier molecular flexibility index (Phi) is 7.78. The van der Waals surface area contributed by atoms with Crippen LogP contribution in [0.4, 0.5) is 4.79 Å². The predicted molar refractivity (Wildman–Crippen MR) is 173 cm³/mol. The molecule has 222 valence electrons. The molecule has 2 aliphatic heterocycles. The molecule has 8 nitrogen and oxygen atoms in total. The monoisotopic (exact) mass is 603 g/mol. The zero-order valence-corrected chi connectivity index (χ0v) is 25.3. The van der Waals surface area contributed by atoms with E-state index >= 15 is 0 Å². The van der Waals surface area contributed by atoms with Gasteiger partial charge in [-0.1, -0.05) is 41.3 Å². The summed E-state index contributed by atoms with van der Waals surface area (Å²) in [5, 5.41) is 10.1. The molecule has 2 fully saturated rings. The number of aromatic nitrogens is 4. The quantitative estimate of drug-likeness (QED) is 0.159. The first kappa shape index (κ1) is 28.2. The molecule has 3 aromatic carbocycles. The number of benzene rings is 3. The summed E-state index contributed by atoms with van der Waals surface area (Å²) in [5.74, 6) is 2.92. The molecule has 0 saturated carbocycles. The van der Waals surface area contributed by atoms with E-state index in [-0.39, 0.29) is 22.4 Å².